The number of aromatic amines is 1. The van der Waals surface area contributed by atoms with Crippen molar-refractivity contribution in [3.8, 4) is 5.69 Å². The van der Waals surface area contributed by atoms with Crippen LogP contribution in [0.25, 0.3) is 16.7 Å². The van der Waals surface area contributed by atoms with Crippen molar-refractivity contribution in [2.45, 2.75) is 0 Å². The van der Waals surface area contributed by atoms with E-state index in [1.54, 1.807) is 30.3 Å². The monoisotopic (exact) mass is 288 g/mol. The molecule has 0 radical (unpaired) electrons. The van der Waals surface area contributed by atoms with E-state index in [2.05, 4.69) is 4.98 Å². The fourth-order valence-electron chi connectivity index (χ4n) is 2.08. The Kier molecular flexibility index (Phi) is 2.84. The fourth-order valence-corrected chi connectivity index (χ4v) is 2.21. The fraction of sp³-hybridized carbons (Fsp3) is 0. The van der Waals surface area contributed by atoms with Crippen LogP contribution in [-0.4, -0.2) is 20.6 Å². The van der Waals surface area contributed by atoms with E-state index >= 15 is 0 Å². The van der Waals surface area contributed by atoms with Gasteiger partial charge >= 0.3 is 11.7 Å². The molecular weight excluding hydrogens is 280 g/mol. The van der Waals surface area contributed by atoms with Crippen LogP contribution < -0.4 is 5.69 Å². The molecule has 0 spiro atoms. The average Bonchev–Trinajstić information content (AvgIpc) is 2.75. The summed E-state index contributed by atoms with van der Waals surface area (Å²) in [7, 11) is 0. The van der Waals surface area contributed by atoms with E-state index in [9.17, 15) is 9.59 Å². The van der Waals surface area contributed by atoms with Gasteiger partial charge in [-0.3, -0.25) is 4.57 Å². The minimum Gasteiger partial charge on any atom is -0.478 e. The standard InChI is InChI=1S/C14H9ClN2O3/c15-9-2-4-10(5-3-9)17-12-7-8(13(18)19)1-6-11(12)16-14(17)20/h1-7H,(H,16,20)(H,18,19). The van der Waals surface area contributed by atoms with Crippen LogP contribution in [0.5, 0.6) is 0 Å². The van der Waals surface area contributed by atoms with Crippen molar-refractivity contribution in [1.82, 2.24) is 9.55 Å². The van der Waals surface area contributed by atoms with E-state index in [0.29, 0.717) is 21.7 Å². The molecule has 0 amide bonds. The van der Waals surface area contributed by atoms with Gasteiger partial charge < -0.3 is 10.1 Å². The van der Waals surface area contributed by atoms with Crippen molar-refractivity contribution in [2.24, 2.45) is 0 Å². The number of fused-ring (bicyclic) bond motifs is 1. The van der Waals surface area contributed by atoms with Crippen LogP contribution in [0.1, 0.15) is 10.4 Å². The number of nitrogens with zero attached hydrogens (tertiary/aromatic N) is 1. The van der Waals surface area contributed by atoms with Crippen LogP contribution in [0.2, 0.25) is 5.02 Å². The van der Waals surface area contributed by atoms with Gasteiger partial charge in [-0.2, -0.15) is 0 Å². The Hall–Kier alpha value is -2.53. The molecule has 0 aliphatic heterocycles. The molecule has 1 heterocycles. The summed E-state index contributed by atoms with van der Waals surface area (Å²) < 4.78 is 1.41. The van der Waals surface area contributed by atoms with Crippen molar-refractivity contribution in [3.63, 3.8) is 0 Å². The van der Waals surface area contributed by atoms with Gasteiger partial charge in [0.15, 0.2) is 0 Å². The highest BCUT2D eigenvalue weighted by atomic mass is 35.5. The number of hydrogen-bond donors (Lipinski definition) is 2. The zero-order chi connectivity index (χ0) is 14.3. The summed E-state index contributed by atoms with van der Waals surface area (Å²) in [5.41, 5.74) is 1.50. The number of carboxylic acid groups (broad SMARTS) is 1. The zero-order valence-corrected chi connectivity index (χ0v) is 10.9. The predicted molar refractivity (Wildman–Crippen MR) is 75.9 cm³/mol. The molecular formula is C14H9ClN2O3. The van der Waals surface area contributed by atoms with Gasteiger partial charge in [-0.1, -0.05) is 11.6 Å². The van der Waals surface area contributed by atoms with Crippen LogP contribution >= 0.6 is 11.6 Å². The lowest BCUT2D eigenvalue weighted by molar-refractivity contribution is 0.0697. The first-order chi connectivity index (χ1) is 9.56. The lowest BCUT2D eigenvalue weighted by Gasteiger charge is -2.04. The molecule has 0 bridgehead atoms. The third kappa shape index (κ3) is 1.98. The number of nitrogens with one attached hydrogen (secondary N) is 1. The molecule has 0 saturated carbocycles. The van der Waals surface area contributed by atoms with Gasteiger partial charge in [-0.05, 0) is 42.5 Å². The third-order valence-electron chi connectivity index (χ3n) is 3.02. The molecule has 2 aromatic carbocycles. The topological polar surface area (TPSA) is 75.1 Å². The number of carboxylic acids is 1. The molecule has 0 atom stereocenters. The van der Waals surface area contributed by atoms with Gasteiger partial charge in [-0.25, -0.2) is 9.59 Å². The molecule has 3 aromatic rings. The number of aromatic nitrogens is 2. The Bertz CT molecular complexity index is 862. The Morgan fingerprint density at radius 2 is 1.85 bits per heavy atom. The molecule has 2 N–H and O–H groups in total. The molecule has 0 fully saturated rings. The van der Waals surface area contributed by atoms with Crippen molar-refractivity contribution in [1.29, 1.82) is 0 Å². The van der Waals surface area contributed by atoms with Gasteiger partial charge in [0.2, 0.25) is 0 Å². The second-order valence-electron chi connectivity index (χ2n) is 4.28. The van der Waals surface area contributed by atoms with E-state index in [1.807, 2.05) is 0 Å². The van der Waals surface area contributed by atoms with E-state index in [4.69, 9.17) is 16.7 Å². The number of imidazole rings is 1. The van der Waals surface area contributed by atoms with Crippen LogP contribution in [0.4, 0.5) is 0 Å². The maximum absolute atomic E-state index is 12.0. The Morgan fingerprint density at radius 1 is 1.15 bits per heavy atom. The molecule has 3 rings (SSSR count). The van der Waals surface area contributed by atoms with Gasteiger partial charge in [0.25, 0.3) is 0 Å². The number of benzene rings is 2. The highest BCUT2D eigenvalue weighted by Gasteiger charge is 2.11. The highest BCUT2D eigenvalue weighted by molar-refractivity contribution is 6.30. The van der Waals surface area contributed by atoms with E-state index in [1.165, 1.54) is 16.7 Å². The maximum Gasteiger partial charge on any atom is 0.335 e. The van der Waals surface area contributed by atoms with Crippen LogP contribution in [0.15, 0.2) is 47.3 Å². The van der Waals surface area contributed by atoms with Crippen LogP contribution in [0.3, 0.4) is 0 Å². The van der Waals surface area contributed by atoms with Gasteiger partial charge in [0.05, 0.1) is 22.3 Å². The minimum atomic E-state index is -1.04. The van der Waals surface area contributed by atoms with Crippen molar-refractivity contribution >= 4 is 28.6 Å². The summed E-state index contributed by atoms with van der Waals surface area (Å²) in [6.45, 7) is 0. The molecule has 0 unspecified atom stereocenters. The summed E-state index contributed by atoms with van der Waals surface area (Å²) in [5.74, 6) is -1.04. The van der Waals surface area contributed by atoms with Gasteiger partial charge in [0, 0.05) is 5.02 Å². The summed E-state index contributed by atoms with van der Waals surface area (Å²) in [6.07, 6.45) is 0. The number of halogens is 1. The predicted octanol–water partition coefficient (Wildman–Crippen LogP) is 2.67. The zero-order valence-electron chi connectivity index (χ0n) is 10.1. The van der Waals surface area contributed by atoms with Crippen molar-refractivity contribution < 1.29 is 9.90 Å². The average molecular weight is 289 g/mol. The number of carbonyl (C=O) groups is 1. The third-order valence-corrected chi connectivity index (χ3v) is 3.27. The summed E-state index contributed by atoms with van der Waals surface area (Å²) in [6, 6.07) is 11.2. The molecule has 0 aliphatic rings. The SMILES string of the molecule is O=C(O)c1ccc2[nH]c(=O)n(-c3ccc(Cl)cc3)c2c1. The number of aromatic carboxylic acids is 1. The molecule has 20 heavy (non-hydrogen) atoms. The first-order valence-electron chi connectivity index (χ1n) is 5.80. The minimum absolute atomic E-state index is 0.124. The molecule has 0 saturated heterocycles. The number of rotatable bonds is 2. The Balaban J connectivity index is 2.31. The lowest BCUT2D eigenvalue weighted by atomic mass is 10.2. The van der Waals surface area contributed by atoms with Gasteiger partial charge in [0.1, 0.15) is 0 Å². The van der Waals surface area contributed by atoms with Crippen molar-refractivity contribution in [3.05, 3.63) is 63.5 Å². The summed E-state index contributed by atoms with van der Waals surface area (Å²) in [4.78, 5) is 25.7. The summed E-state index contributed by atoms with van der Waals surface area (Å²) in [5, 5.41) is 9.60. The molecule has 0 aliphatic carbocycles. The Morgan fingerprint density at radius 3 is 2.50 bits per heavy atom. The second-order valence-corrected chi connectivity index (χ2v) is 4.72. The number of H-pyrrole nitrogens is 1. The molecule has 1 aromatic heterocycles. The lowest BCUT2D eigenvalue weighted by Crippen LogP contribution is -2.14. The van der Waals surface area contributed by atoms with Crippen LogP contribution in [0, 0.1) is 0 Å². The van der Waals surface area contributed by atoms with E-state index in [0.717, 1.165) is 0 Å². The van der Waals surface area contributed by atoms with Crippen molar-refractivity contribution in [2.75, 3.05) is 0 Å². The molecule has 5 nitrogen and oxygen atoms in total. The highest BCUT2D eigenvalue weighted by Crippen LogP contribution is 2.19. The van der Waals surface area contributed by atoms with Crippen LogP contribution in [-0.2, 0) is 0 Å². The first kappa shape index (κ1) is 12.5. The first-order valence-corrected chi connectivity index (χ1v) is 6.18. The maximum atomic E-state index is 12.0. The normalized spacial score (nSPS) is 10.8. The summed E-state index contributed by atoms with van der Waals surface area (Å²) >= 11 is 5.82. The second kappa shape index (κ2) is 4.54. The van der Waals surface area contributed by atoms with Gasteiger partial charge in [-0.15, -0.1) is 0 Å². The van der Waals surface area contributed by atoms with E-state index in [-0.39, 0.29) is 11.3 Å². The largest absolute Gasteiger partial charge is 0.478 e. The smallest absolute Gasteiger partial charge is 0.335 e. The quantitative estimate of drug-likeness (QED) is 0.761. The Labute approximate surface area is 118 Å². The molecule has 6 heteroatoms. The number of hydrogen-bond acceptors (Lipinski definition) is 2. The van der Waals surface area contributed by atoms with E-state index < -0.39 is 5.97 Å². The molecule has 100 valence electrons.